The molecule has 36 heavy (non-hydrogen) atoms. The van der Waals surface area contributed by atoms with Gasteiger partial charge in [-0.1, -0.05) is 92.2 Å². The summed E-state index contributed by atoms with van der Waals surface area (Å²) >= 11 is 0. The van der Waals surface area contributed by atoms with Crippen molar-refractivity contribution in [2.45, 2.75) is 131 Å². The lowest BCUT2D eigenvalue weighted by Gasteiger charge is -2.13. The average molecular weight is 489 g/mol. The van der Waals surface area contributed by atoms with Crippen LogP contribution in [0.5, 0.6) is 0 Å². The van der Waals surface area contributed by atoms with E-state index in [4.69, 9.17) is 9.98 Å². The van der Waals surface area contributed by atoms with Crippen molar-refractivity contribution in [2.24, 2.45) is 9.98 Å². The molecule has 0 aliphatic carbocycles. The van der Waals surface area contributed by atoms with Gasteiger partial charge in [-0.15, -0.1) is 0 Å². The molecule has 2 rings (SSSR count). The number of rotatable bonds is 17. The lowest BCUT2D eigenvalue weighted by atomic mass is 9.99. The van der Waals surface area contributed by atoms with Gasteiger partial charge in [-0.2, -0.15) is 0 Å². The van der Waals surface area contributed by atoms with Gasteiger partial charge in [0.2, 0.25) is 0 Å². The molecule has 0 spiro atoms. The predicted octanol–water partition coefficient (Wildman–Crippen LogP) is 10.7. The third-order valence-electron chi connectivity index (χ3n) is 7.30. The van der Waals surface area contributed by atoms with Gasteiger partial charge in [0.05, 0.1) is 22.8 Å². The normalized spacial score (nSPS) is 12.4. The summed E-state index contributed by atoms with van der Waals surface area (Å²) in [7, 11) is 0. The lowest BCUT2D eigenvalue weighted by Crippen LogP contribution is -2.14. The van der Waals surface area contributed by atoms with Gasteiger partial charge < -0.3 is 0 Å². The summed E-state index contributed by atoms with van der Waals surface area (Å²) in [6, 6.07) is 13.6. The largest absolute Gasteiger partial charge is 0.252 e. The molecule has 0 unspecified atom stereocenters. The standard InChI is InChI=1S/C34H52N2/c1-7-13-15-16-17-18-20-34(36-32-24-22-28(10-4)30(12-6)26-32)33(19-14-8-2)35-31-23-21-27(9-3)29(11-5)25-31/h21-26H,7-20H2,1-6H3. The van der Waals surface area contributed by atoms with E-state index in [0.29, 0.717) is 0 Å². The van der Waals surface area contributed by atoms with Crippen molar-refractivity contribution in [2.75, 3.05) is 0 Å². The lowest BCUT2D eigenvalue weighted by molar-refractivity contribution is 0.616. The molecule has 0 heterocycles. The van der Waals surface area contributed by atoms with E-state index in [-0.39, 0.29) is 0 Å². The third-order valence-corrected chi connectivity index (χ3v) is 7.30. The van der Waals surface area contributed by atoms with E-state index >= 15 is 0 Å². The Hall–Kier alpha value is -2.22. The van der Waals surface area contributed by atoms with Crippen LogP contribution in [-0.4, -0.2) is 11.4 Å². The number of aliphatic imine (C=N–C) groups is 2. The van der Waals surface area contributed by atoms with Crippen LogP contribution >= 0.6 is 0 Å². The highest BCUT2D eigenvalue weighted by molar-refractivity contribution is 6.43. The fourth-order valence-corrected chi connectivity index (χ4v) is 4.97. The van der Waals surface area contributed by atoms with Gasteiger partial charge in [-0.25, -0.2) is 0 Å². The van der Waals surface area contributed by atoms with Crippen molar-refractivity contribution < 1.29 is 0 Å². The first-order chi connectivity index (χ1) is 17.6. The summed E-state index contributed by atoms with van der Waals surface area (Å²) in [6.45, 7) is 13.5. The van der Waals surface area contributed by atoms with Crippen molar-refractivity contribution in [3.8, 4) is 0 Å². The number of hydrogen-bond donors (Lipinski definition) is 0. The summed E-state index contributed by atoms with van der Waals surface area (Å²) in [4.78, 5) is 10.6. The van der Waals surface area contributed by atoms with E-state index in [2.05, 4.69) is 77.9 Å². The molecule has 0 bridgehead atoms. The Morgan fingerprint density at radius 3 is 1.33 bits per heavy atom. The van der Waals surface area contributed by atoms with E-state index < -0.39 is 0 Å². The molecule has 0 aliphatic rings. The molecule has 0 radical (unpaired) electrons. The maximum Gasteiger partial charge on any atom is 0.0636 e. The summed E-state index contributed by atoms with van der Waals surface area (Å²) in [6.07, 6.45) is 16.4. The van der Waals surface area contributed by atoms with Crippen LogP contribution in [0.15, 0.2) is 46.4 Å². The molecule has 0 aromatic heterocycles. The minimum atomic E-state index is 0.996. The van der Waals surface area contributed by atoms with Crippen LogP contribution in [0.25, 0.3) is 0 Å². The molecule has 0 aliphatic heterocycles. The second-order valence-corrected chi connectivity index (χ2v) is 10.1. The monoisotopic (exact) mass is 488 g/mol. The summed E-state index contributed by atoms with van der Waals surface area (Å²) in [5.41, 5.74) is 10.3. The van der Waals surface area contributed by atoms with Gasteiger partial charge >= 0.3 is 0 Å². The molecule has 2 aromatic carbocycles. The van der Waals surface area contributed by atoms with E-state index in [1.54, 1.807) is 0 Å². The molecular weight excluding hydrogens is 436 g/mol. The summed E-state index contributed by atoms with van der Waals surface area (Å²) in [5.74, 6) is 0. The van der Waals surface area contributed by atoms with Gasteiger partial charge in [0, 0.05) is 0 Å². The maximum absolute atomic E-state index is 5.29. The Morgan fingerprint density at radius 1 is 0.472 bits per heavy atom. The summed E-state index contributed by atoms with van der Waals surface area (Å²) < 4.78 is 0. The second-order valence-electron chi connectivity index (χ2n) is 10.1. The number of unbranched alkanes of at least 4 members (excludes halogenated alkanes) is 6. The molecule has 2 aromatic rings. The highest BCUT2D eigenvalue weighted by atomic mass is 14.8. The van der Waals surface area contributed by atoms with E-state index in [1.165, 1.54) is 78.6 Å². The van der Waals surface area contributed by atoms with Gasteiger partial charge in [0.25, 0.3) is 0 Å². The van der Waals surface area contributed by atoms with Crippen LogP contribution in [0.2, 0.25) is 0 Å². The van der Waals surface area contributed by atoms with Crippen LogP contribution in [0.1, 0.15) is 128 Å². The maximum atomic E-state index is 5.29. The van der Waals surface area contributed by atoms with Gasteiger partial charge in [-0.3, -0.25) is 9.98 Å². The highest BCUT2D eigenvalue weighted by Gasteiger charge is 2.12. The minimum Gasteiger partial charge on any atom is -0.252 e. The first-order valence-corrected chi connectivity index (χ1v) is 15.0. The second kappa shape index (κ2) is 17.3. The third kappa shape index (κ3) is 9.68. The molecule has 0 saturated carbocycles. The first-order valence-electron chi connectivity index (χ1n) is 15.0. The molecule has 0 amide bonds. The molecule has 2 nitrogen and oxygen atoms in total. The highest BCUT2D eigenvalue weighted by Crippen LogP contribution is 2.24. The Balaban J connectivity index is 2.45. The van der Waals surface area contributed by atoms with Crippen molar-refractivity contribution in [3.63, 3.8) is 0 Å². The van der Waals surface area contributed by atoms with Gasteiger partial charge in [-0.05, 0) is 97.9 Å². The Morgan fingerprint density at radius 2 is 0.889 bits per heavy atom. The SMILES string of the molecule is CCCCCCCCC(=Nc1ccc(CC)c(CC)c1)C(CCCC)=Nc1ccc(CC)c(CC)c1. The zero-order valence-electron chi connectivity index (χ0n) is 24.3. The zero-order valence-corrected chi connectivity index (χ0v) is 24.3. The topological polar surface area (TPSA) is 24.7 Å². The Labute approximate surface area is 222 Å². The fraction of sp³-hybridized carbons (Fsp3) is 0.588. The number of benzene rings is 2. The van der Waals surface area contributed by atoms with E-state index in [1.807, 2.05) is 0 Å². The molecule has 2 heteroatoms. The Bertz CT molecular complexity index is 967. The van der Waals surface area contributed by atoms with E-state index in [0.717, 1.165) is 56.3 Å². The smallest absolute Gasteiger partial charge is 0.0636 e. The minimum absolute atomic E-state index is 0.996. The first kappa shape index (κ1) is 30.0. The zero-order chi connectivity index (χ0) is 26.2. The quantitative estimate of drug-likeness (QED) is 0.156. The van der Waals surface area contributed by atoms with Crippen molar-refractivity contribution in [3.05, 3.63) is 58.7 Å². The molecule has 0 fully saturated rings. The van der Waals surface area contributed by atoms with Gasteiger partial charge in [0.15, 0.2) is 0 Å². The summed E-state index contributed by atoms with van der Waals surface area (Å²) in [5, 5.41) is 0. The molecule has 0 N–H and O–H groups in total. The van der Waals surface area contributed by atoms with Crippen molar-refractivity contribution >= 4 is 22.8 Å². The van der Waals surface area contributed by atoms with Crippen molar-refractivity contribution in [1.29, 1.82) is 0 Å². The van der Waals surface area contributed by atoms with Crippen LogP contribution in [0.3, 0.4) is 0 Å². The average Bonchev–Trinajstić information content (AvgIpc) is 2.91. The Kier molecular flexibility index (Phi) is 14.4. The van der Waals surface area contributed by atoms with Gasteiger partial charge in [0.1, 0.15) is 0 Å². The molecule has 198 valence electrons. The van der Waals surface area contributed by atoms with Crippen molar-refractivity contribution in [1.82, 2.24) is 0 Å². The number of aryl methyl sites for hydroxylation is 4. The van der Waals surface area contributed by atoms with Crippen LogP contribution in [-0.2, 0) is 25.7 Å². The van der Waals surface area contributed by atoms with Crippen LogP contribution in [0.4, 0.5) is 11.4 Å². The molecule has 0 atom stereocenters. The fourth-order valence-electron chi connectivity index (χ4n) is 4.97. The van der Waals surface area contributed by atoms with E-state index in [9.17, 15) is 0 Å². The molecular formula is C34H52N2. The predicted molar refractivity (Wildman–Crippen MR) is 162 cm³/mol. The number of nitrogens with zero attached hydrogens (tertiary/aromatic N) is 2. The molecule has 0 saturated heterocycles. The number of hydrogen-bond acceptors (Lipinski definition) is 2. The van der Waals surface area contributed by atoms with Crippen LogP contribution in [0, 0.1) is 0 Å². The van der Waals surface area contributed by atoms with Crippen LogP contribution < -0.4 is 0 Å².